The molecule has 5 heteroatoms. The van der Waals surface area contributed by atoms with Crippen LogP contribution in [0.4, 0.5) is 0 Å². The predicted octanol–water partition coefficient (Wildman–Crippen LogP) is 2.50. The second-order valence-corrected chi connectivity index (χ2v) is 5.66. The van der Waals surface area contributed by atoms with E-state index in [2.05, 4.69) is 5.32 Å². The molecule has 0 saturated carbocycles. The van der Waals surface area contributed by atoms with E-state index in [0.29, 0.717) is 11.4 Å². The van der Waals surface area contributed by atoms with Crippen LogP contribution in [-0.4, -0.2) is 17.0 Å². The van der Waals surface area contributed by atoms with Crippen LogP contribution in [0.25, 0.3) is 0 Å². The number of thiophene rings is 1. The van der Waals surface area contributed by atoms with E-state index in [1.54, 1.807) is 12.1 Å². The van der Waals surface area contributed by atoms with Gasteiger partial charge in [-0.2, -0.15) is 0 Å². The number of carboxylic acid groups (broad SMARTS) is 1. The van der Waals surface area contributed by atoms with Gasteiger partial charge in [0.2, 0.25) is 5.91 Å². The molecule has 0 spiro atoms. The number of carbonyl (C=O) groups is 2. The Morgan fingerprint density at radius 3 is 2.53 bits per heavy atom. The lowest BCUT2D eigenvalue weighted by Gasteiger charge is -2.21. The Labute approximate surface area is 105 Å². The molecule has 0 fully saturated rings. The number of hydrogen-bond acceptors (Lipinski definition) is 3. The fraction of sp³-hybridized carbons (Fsp3) is 0.500. The number of nitrogens with one attached hydrogen (secondary N) is 1. The van der Waals surface area contributed by atoms with Crippen LogP contribution in [0, 0.1) is 5.41 Å². The highest BCUT2D eigenvalue weighted by molar-refractivity contribution is 7.13. The summed E-state index contributed by atoms with van der Waals surface area (Å²) >= 11 is 1.19. The van der Waals surface area contributed by atoms with Crippen molar-refractivity contribution in [2.45, 2.75) is 33.7 Å². The summed E-state index contributed by atoms with van der Waals surface area (Å²) in [6.07, 6.45) is 0.768. The first-order valence-electron chi connectivity index (χ1n) is 5.47. The van der Waals surface area contributed by atoms with E-state index >= 15 is 0 Å². The summed E-state index contributed by atoms with van der Waals surface area (Å²) in [7, 11) is 0. The van der Waals surface area contributed by atoms with Crippen molar-refractivity contribution in [2.75, 3.05) is 0 Å². The molecule has 0 aliphatic rings. The first-order chi connectivity index (χ1) is 7.86. The van der Waals surface area contributed by atoms with Crippen molar-refractivity contribution < 1.29 is 14.7 Å². The van der Waals surface area contributed by atoms with E-state index in [1.807, 2.05) is 20.8 Å². The minimum Gasteiger partial charge on any atom is -0.477 e. The maximum absolute atomic E-state index is 11.8. The molecule has 0 unspecified atom stereocenters. The zero-order chi connectivity index (χ0) is 13.1. The molecule has 0 bridgehead atoms. The summed E-state index contributed by atoms with van der Waals surface area (Å²) in [5.41, 5.74) is -0.382. The van der Waals surface area contributed by atoms with Crippen molar-refractivity contribution in [1.29, 1.82) is 0 Å². The summed E-state index contributed by atoms with van der Waals surface area (Å²) in [6.45, 7) is 6.13. The van der Waals surface area contributed by atoms with Gasteiger partial charge >= 0.3 is 5.97 Å². The van der Waals surface area contributed by atoms with Gasteiger partial charge in [0.25, 0.3) is 0 Å². The molecule has 1 aromatic rings. The lowest BCUT2D eigenvalue weighted by atomic mass is 9.89. The number of rotatable bonds is 5. The van der Waals surface area contributed by atoms with Gasteiger partial charge in [0.05, 0.1) is 6.54 Å². The Morgan fingerprint density at radius 2 is 2.06 bits per heavy atom. The lowest BCUT2D eigenvalue weighted by Crippen LogP contribution is -2.35. The standard InChI is InChI=1S/C12H17NO3S/c1-4-12(2,3)11(16)13-7-8-5-6-9(17-8)10(14)15/h5-6H,4,7H2,1-3H3,(H,13,16)(H,14,15). The molecule has 0 aromatic carbocycles. The minimum atomic E-state index is -0.929. The second kappa shape index (κ2) is 5.31. The smallest absolute Gasteiger partial charge is 0.345 e. The molecule has 0 aliphatic heterocycles. The van der Waals surface area contributed by atoms with Crippen molar-refractivity contribution in [2.24, 2.45) is 5.41 Å². The van der Waals surface area contributed by atoms with Crippen LogP contribution in [0.2, 0.25) is 0 Å². The van der Waals surface area contributed by atoms with Crippen LogP contribution in [0.15, 0.2) is 12.1 Å². The van der Waals surface area contributed by atoms with E-state index in [4.69, 9.17) is 5.11 Å². The van der Waals surface area contributed by atoms with Crippen LogP contribution in [0.1, 0.15) is 41.7 Å². The number of amides is 1. The van der Waals surface area contributed by atoms with Gasteiger partial charge in [-0.1, -0.05) is 20.8 Å². The summed E-state index contributed by atoms with van der Waals surface area (Å²) in [5.74, 6) is -0.938. The number of aromatic carboxylic acids is 1. The molecule has 0 radical (unpaired) electrons. The molecule has 17 heavy (non-hydrogen) atoms. The normalized spacial score (nSPS) is 11.2. The summed E-state index contributed by atoms with van der Waals surface area (Å²) in [6, 6.07) is 3.28. The third kappa shape index (κ3) is 3.56. The highest BCUT2D eigenvalue weighted by Gasteiger charge is 2.24. The van der Waals surface area contributed by atoms with Crippen LogP contribution in [-0.2, 0) is 11.3 Å². The Bertz CT molecular complexity index is 423. The highest BCUT2D eigenvalue weighted by Crippen LogP contribution is 2.21. The van der Waals surface area contributed by atoms with Gasteiger partial charge in [-0.3, -0.25) is 4.79 Å². The van der Waals surface area contributed by atoms with E-state index in [9.17, 15) is 9.59 Å². The maximum Gasteiger partial charge on any atom is 0.345 e. The fourth-order valence-corrected chi connectivity index (χ4v) is 1.94. The largest absolute Gasteiger partial charge is 0.477 e. The Morgan fingerprint density at radius 1 is 1.41 bits per heavy atom. The monoisotopic (exact) mass is 255 g/mol. The molecule has 4 nitrogen and oxygen atoms in total. The Kier molecular flexibility index (Phi) is 4.28. The molecule has 0 atom stereocenters. The summed E-state index contributed by atoms with van der Waals surface area (Å²) < 4.78 is 0. The third-order valence-electron chi connectivity index (χ3n) is 2.79. The molecule has 2 N–H and O–H groups in total. The number of carbonyl (C=O) groups excluding carboxylic acids is 1. The van der Waals surface area contributed by atoms with Gasteiger partial charge in [-0.15, -0.1) is 11.3 Å². The second-order valence-electron chi connectivity index (χ2n) is 4.49. The van der Waals surface area contributed by atoms with Crippen molar-refractivity contribution in [1.82, 2.24) is 5.32 Å². The van der Waals surface area contributed by atoms with Crippen molar-refractivity contribution in [3.63, 3.8) is 0 Å². The van der Waals surface area contributed by atoms with E-state index in [-0.39, 0.29) is 11.3 Å². The number of carboxylic acids is 1. The topological polar surface area (TPSA) is 66.4 Å². The quantitative estimate of drug-likeness (QED) is 0.849. The van der Waals surface area contributed by atoms with Gasteiger partial charge < -0.3 is 10.4 Å². The zero-order valence-electron chi connectivity index (χ0n) is 10.2. The van der Waals surface area contributed by atoms with Gasteiger partial charge in [-0.25, -0.2) is 4.79 Å². The molecule has 94 valence electrons. The molecular weight excluding hydrogens is 238 g/mol. The molecule has 0 aliphatic carbocycles. The van der Waals surface area contributed by atoms with Gasteiger partial charge in [0.1, 0.15) is 4.88 Å². The van der Waals surface area contributed by atoms with Crippen molar-refractivity contribution >= 4 is 23.2 Å². The average molecular weight is 255 g/mol. The fourth-order valence-electron chi connectivity index (χ4n) is 1.16. The molecule has 1 amide bonds. The summed E-state index contributed by atoms with van der Waals surface area (Å²) in [5, 5.41) is 11.6. The van der Waals surface area contributed by atoms with E-state index < -0.39 is 5.97 Å². The van der Waals surface area contributed by atoms with Gasteiger partial charge in [-0.05, 0) is 18.6 Å². The van der Waals surface area contributed by atoms with E-state index in [1.165, 1.54) is 11.3 Å². The maximum atomic E-state index is 11.8. The number of hydrogen-bond donors (Lipinski definition) is 2. The van der Waals surface area contributed by atoms with Crippen LogP contribution in [0.3, 0.4) is 0 Å². The molecule has 1 aromatic heterocycles. The van der Waals surface area contributed by atoms with Crippen LogP contribution in [0.5, 0.6) is 0 Å². The Balaban J connectivity index is 2.56. The van der Waals surface area contributed by atoms with Gasteiger partial charge in [0, 0.05) is 10.3 Å². The average Bonchev–Trinajstić information content (AvgIpc) is 2.74. The Hall–Kier alpha value is -1.36. The van der Waals surface area contributed by atoms with E-state index in [0.717, 1.165) is 11.3 Å². The van der Waals surface area contributed by atoms with Crippen LogP contribution >= 0.6 is 11.3 Å². The first kappa shape index (κ1) is 13.7. The third-order valence-corrected chi connectivity index (χ3v) is 3.87. The van der Waals surface area contributed by atoms with Crippen molar-refractivity contribution in [3.05, 3.63) is 21.9 Å². The molecule has 1 heterocycles. The summed E-state index contributed by atoms with van der Waals surface area (Å²) in [4.78, 5) is 23.6. The highest BCUT2D eigenvalue weighted by atomic mass is 32.1. The zero-order valence-corrected chi connectivity index (χ0v) is 11.1. The first-order valence-corrected chi connectivity index (χ1v) is 6.29. The SMILES string of the molecule is CCC(C)(C)C(=O)NCc1ccc(C(=O)O)s1. The van der Waals surface area contributed by atoms with Gasteiger partial charge in [0.15, 0.2) is 0 Å². The molecular formula is C12H17NO3S. The minimum absolute atomic E-state index is 0.00900. The van der Waals surface area contributed by atoms with Crippen molar-refractivity contribution in [3.8, 4) is 0 Å². The predicted molar refractivity (Wildman–Crippen MR) is 67.2 cm³/mol. The molecule has 1 rings (SSSR count). The van der Waals surface area contributed by atoms with Crippen LogP contribution < -0.4 is 5.32 Å². The molecule has 0 saturated heterocycles. The lowest BCUT2D eigenvalue weighted by molar-refractivity contribution is -0.129.